The number of hydrogen-bond donors (Lipinski definition) is 1. The van der Waals surface area contributed by atoms with Crippen molar-refractivity contribution in [2.24, 2.45) is 0 Å². The summed E-state index contributed by atoms with van der Waals surface area (Å²) >= 11 is 3.26. The Morgan fingerprint density at radius 1 is 1.12 bits per heavy atom. The van der Waals surface area contributed by atoms with E-state index in [9.17, 15) is 13.2 Å². The Balaban J connectivity index is 1.93. The summed E-state index contributed by atoms with van der Waals surface area (Å²) in [6, 6.07) is 11.4. The van der Waals surface area contributed by atoms with Crippen molar-refractivity contribution in [2.75, 3.05) is 5.32 Å². The van der Waals surface area contributed by atoms with E-state index in [1.54, 1.807) is 40.9 Å². The summed E-state index contributed by atoms with van der Waals surface area (Å²) in [6.07, 6.45) is 1.68. The minimum absolute atomic E-state index is 0.0713. The van der Waals surface area contributed by atoms with Crippen LogP contribution < -0.4 is 5.32 Å². The van der Waals surface area contributed by atoms with Crippen LogP contribution in [0.15, 0.2) is 58.0 Å². The maximum absolute atomic E-state index is 12.9. The maximum Gasteiger partial charge on any atom is 0.248 e. The van der Waals surface area contributed by atoms with Crippen LogP contribution in [0.3, 0.4) is 0 Å². The van der Waals surface area contributed by atoms with Gasteiger partial charge in [0.25, 0.3) is 0 Å². The predicted molar refractivity (Wildman–Crippen MR) is 97.0 cm³/mol. The number of rotatable bonds is 4. The normalized spacial score (nSPS) is 12.3. The zero-order chi connectivity index (χ0) is 18.2. The summed E-state index contributed by atoms with van der Waals surface area (Å²) in [5, 5.41) is 10.4. The van der Waals surface area contributed by atoms with Gasteiger partial charge in [0.1, 0.15) is 4.75 Å². The van der Waals surface area contributed by atoms with E-state index in [-0.39, 0.29) is 10.8 Å². The topological polar surface area (TPSA) is 93.4 Å². The lowest BCUT2D eigenvalue weighted by Crippen LogP contribution is -2.44. The molecule has 0 aliphatic rings. The Morgan fingerprint density at radius 2 is 1.80 bits per heavy atom. The molecule has 0 unspecified atom stereocenters. The molecule has 1 amide bonds. The van der Waals surface area contributed by atoms with E-state index in [4.69, 9.17) is 0 Å². The molecule has 9 heteroatoms. The number of pyridine rings is 1. The van der Waals surface area contributed by atoms with Gasteiger partial charge in [-0.15, -0.1) is 10.2 Å². The monoisotopic (exact) mass is 422 g/mol. The standard InChI is InChI=1S/C16H15BrN4O3S/c1-16(2,25(23,24)12-8-6-11(17)7-9-12)14(22)18-15-20-19-13-5-3-4-10-21(13)15/h3-10H,1-2H3,(H,18,20,22). The molecule has 3 aromatic rings. The Labute approximate surface area is 153 Å². The second-order valence-electron chi connectivity index (χ2n) is 5.87. The highest BCUT2D eigenvalue weighted by Gasteiger charge is 2.43. The van der Waals surface area contributed by atoms with Gasteiger partial charge in [0.15, 0.2) is 15.5 Å². The van der Waals surface area contributed by atoms with Crippen molar-refractivity contribution in [1.29, 1.82) is 0 Å². The summed E-state index contributed by atoms with van der Waals surface area (Å²) in [7, 11) is -3.90. The second-order valence-corrected chi connectivity index (χ2v) is 9.29. The molecule has 0 spiro atoms. The Bertz CT molecular complexity index is 1040. The van der Waals surface area contributed by atoms with Crippen molar-refractivity contribution in [2.45, 2.75) is 23.5 Å². The number of amides is 1. The first-order valence-electron chi connectivity index (χ1n) is 7.35. The molecule has 0 saturated heterocycles. The van der Waals surface area contributed by atoms with E-state index in [1.807, 2.05) is 0 Å². The lowest BCUT2D eigenvalue weighted by molar-refractivity contribution is -0.117. The van der Waals surface area contributed by atoms with Gasteiger partial charge in [0.05, 0.1) is 4.90 Å². The Hall–Kier alpha value is -2.26. The lowest BCUT2D eigenvalue weighted by atomic mass is 10.2. The Kier molecular flexibility index (Phi) is 4.38. The number of carbonyl (C=O) groups excluding carboxylic acids is 1. The number of benzene rings is 1. The fraction of sp³-hybridized carbons (Fsp3) is 0.188. The van der Waals surface area contributed by atoms with Gasteiger partial charge < -0.3 is 0 Å². The first kappa shape index (κ1) is 17.6. The summed E-state index contributed by atoms with van der Waals surface area (Å²) < 4.78 is 26.4. The average molecular weight is 423 g/mol. The molecule has 1 N–H and O–H groups in total. The molecule has 0 aliphatic carbocycles. The van der Waals surface area contributed by atoms with Crippen LogP contribution >= 0.6 is 15.9 Å². The van der Waals surface area contributed by atoms with Crippen LogP contribution in [0.25, 0.3) is 5.65 Å². The van der Waals surface area contributed by atoms with E-state index >= 15 is 0 Å². The highest BCUT2D eigenvalue weighted by atomic mass is 79.9. The fourth-order valence-corrected chi connectivity index (χ4v) is 3.85. The van der Waals surface area contributed by atoms with Crippen molar-refractivity contribution < 1.29 is 13.2 Å². The summed E-state index contributed by atoms with van der Waals surface area (Å²) in [5.74, 6) is -0.520. The quantitative estimate of drug-likeness (QED) is 0.697. The molecule has 7 nitrogen and oxygen atoms in total. The van der Waals surface area contributed by atoms with Gasteiger partial charge in [-0.25, -0.2) is 8.42 Å². The number of hydrogen-bond acceptors (Lipinski definition) is 5. The minimum atomic E-state index is -3.90. The predicted octanol–water partition coefficient (Wildman–Crippen LogP) is 2.68. The van der Waals surface area contributed by atoms with Crippen molar-refractivity contribution in [3.05, 3.63) is 53.1 Å². The smallest absolute Gasteiger partial charge is 0.248 e. The van der Waals surface area contributed by atoms with Crippen molar-refractivity contribution >= 4 is 43.3 Å². The number of aromatic nitrogens is 3. The van der Waals surface area contributed by atoms with Crippen LogP contribution in [0.2, 0.25) is 0 Å². The second kappa shape index (κ2) is 6.23. The number of halogens is 1. The first-order valence-corrected chi connectivity index (χ1v) is 9.62. The molecule has 0 fully saturated rings. The van der Waals surface area contributed by atoms with Crippen LogP contribution in [0, 0.1) is 0 Å². The van der Waals surface area contributed by atoms with Gasteiger partial charge in [-0.3, -0.25) is 14.5 Å². The highest BCUT2D eigenvalue weighted by molar-refractivity contribution is 9.10. The molecule has 0 saturated carbocycles. The van der Waals surface area contributed by atoms with Crippen LogP contribution in [-0.4, -0.2) is 33.7 Å². The molecule has 25 heavy (non-hydrogen) atoms. The molecule has 2 heterocycles. The third-order valence-corrected chi connectivity index (χ3v) is 6.83. The van der Waals surface area contributed by atoms with Gasteiger partial charge in [0.2, 0.25) is 11.9 Å². The van der Waals surface area contributed by atoms with Crippen molar-refractivity contribution in [3.8, 4) is 0 Å². The number of nitrogens with zero attached hydrogens (tertiary/aromatic N) is 3. The molecule has 130 valence electrons. The van der Waals surface area contributed by atoms with Crippen molar-refractivity contribution in [1.82, 2.24) is 14.6 Å². The number of fused-ring (bicyclic) bond motifs is 1. The number of anilines is 1. The van der Waals surface area contributed by atoms with Gasteiger partial charge in [0, 0.05) is 10.7 Å². The molecule has 0 bridgehead atoms. The Morgan fingerprint density at radius 3 is 2.48 bits per heavy atom. The molecule has 0 aliphatic heterocycles. The number of nitrogens with one attached hydrogen (secondary N) is 1. The average Bonchev–Trinajstić information content (AvgIpc) is 2.98. The van der Waals surface area contributed by atoms with Crippen molar-refractivity contribution in [3.63, 3.8) is 0 Å². The number of carbonyl (C=O) groups is 1. The maximum atomic E-state index is 12.9. The molecular weight excluding hydrogens is 408 g/mol. The molecule has 2 aromatic heterocycles. The summed E-state index contributed by atoms with van der Waals surface area (Å²) in [4.78, 5) is 12.8. The first-order chi connectivity index (χ1) is 11.7. The number of sulfone groups is 1. The third-order valence-electron chi connectivity index (χ3n) is 3.88. The van der Waals surface area contributed by atoms with Crippen LogP contribution in [0.5, 0.6) is 0 Å². The van der Waals surface area contributed by atoms with Gasteiger partial charge in [-0.1, -0.05) is 22.0 Å². The molecule has 0 radical (unpaired) electrons. The van der Waals surface area contributed by atoms with E-state index in [2.05, 4.69) is 31.4 Å². The zero-order valence-electron chi connectivity index (χ0n) is 13.5. The highest BCUT2D eigenvalue weighted by Crippen LogP contribution is 2.27. The van der Waals surface area contributed by atoms with Gasteiger partial charge in [-0.05, 0) is 50.2 Å². The molecule has 0 atom stereocenters. The van der Waals surface area contributed by atoms with E-state index < -0.39 is 20.5 Å². The SMILES string of the molecule is CC(C)(C(=O)Nc1nnc2ccccn12)S(=O)(=O)c1ccc(Br)cc1. The van der Waals surface area contributed by atoms with E-state index in [0.29, 0.717) is 5.65 Å². The van der Waals surface area contributed by atoms with E-state index in [0.717, 1.165) is 4.47 Å². The lowest BCUT2D eigenvalue weighted by Gasteiger charge is -2.23. The fourth-order valence-electron chi connectivity index (χ4n) is 2.21. The zero-order valence-corrected chi connectivity index (χ0v) is 15.9. The summed E-state index contributed by atoms with van der Waals surface area (Å²) in [6.45, 7) is 2.73. The molecule has 1 aromatic carbocycles. The van der Waals surface area contributed by atoms with Gasteiger partial charge in [-0.2, -0.15) is 0 Å². The minimum Gasteiger partial charge on any atom is -0.293 e. The largest absolute Gasteiger partial charge is 0.293 e. The van der Waals surface area contributed by atoms with Crippen LogP contribution in [0.4, 0.5) is 5.95 Å². The van der Waals surface area contributed by atoms with Crippen LogP contribution in [-0.2, 0) is 14.6 Å². The molecule has 3 rings (SSSR count). The summed E-state index contributed by atoms with van der Waals surface area (Å²) in [5.41, 5.74) is 0.548. The van der Waals surface area contributed by atoms with Crippen LogP contribution in [0.1, 0.15) is 13.8 Å². The molecular formula is C16H15BrN4O3S. The van der Waals surface area contributed by atoms with E-state index in [1.165, 1.54) is 26.0 Å². The van der Waals surface area contributed by atoms with Gasteiger partial charge >= 0.3 is 0 Å². The third kappa shape index (κ3) is 3.05.